The van der Waals surface area contributed by atoms with Gasteiger partial charge in [0, 0.05) is 11.5 Å². The van der Waals surface area contributed by atoms with Gasteiger partial charge in [-0.15, -0.1) is 0 Å². The Morgan fingerprint density at radius 1 is 1.29 bits per heavy atom. The molecule has 0 saturated heterocycles. The van der Waals surface area contributed by atoms with Crippen LogP contribution in [0.1, 0.15) is 17.5 Å². The van der Waals surface area contributed by atoms with Crippen LogP contribution in [0.2, 0.25) is 0 Å². The fourth-order valence-electron chi connectivity index (χ4n) is 2.17. The van der Waals surface area contributed by atoms with Gasteiger partial charge in [-0.3, -0.25) is 0 Å². The van der Waals surface area contributed by atoms with Crippen molar-refractivity contribution in [1.29, 1.82) is 0 Å². The molecule has 0 amide bonds. The minimum Gasteiger partial charge on any atom is -0.411 e. The molecule has 1 aromatic carbocycles. The highest BCUT2D eigenvalue weighted by molar-refractivity contribution is 6.07. The molecule has 2 heteroatoms. The first-order chi connectivity index (χ1) is 6.90. The van der Waals surface area contributed by atoms with Gasteiger partial charge in [-0.2, -0.15) is 0 Å². The van der Waals surface area contributed by atoms with Crippen LogP contribution in [-0.4, -0.2) is 10.9 Å². The molecule has 0 aromatic heterocycles. The summed E-state index contributed by atoms with van der Waals surface area (Å²) in [6.07, 6.45) is 5.49. The van der Waals surface area contributed by atoms with Crippen molar-refractivity contribution in [3.8, 4) is 0 Å². The van der Waals surface area contributed by atoms with Gasteiger partial charge in [0.25, 0.3) is 0 Å². The summed E-state index contributed by atoms with van der Waals surface area (Å²) >= 11 is 0. The highest BCUT2D eigenvalue weighted by Gasteiger charge is 2.41. The maximum Gasteiger partial charge on any atom is 0.0910 e. The van der Waals surface area contributed by atoms with E-state index in [2.05, 4.69) is 23.4 Å². The van der Waals surface area contributed by atoms with E-state index < -0.39 is 0 Å². The third kappa shape index (κ3) is 1.00. The third-order valence-electron chi connectivity index (χ3n) is 3.06. The van der Waals surface area contributed by atoms with Crippen molar-refractivity contribution in [3.63, 3.8) is 0 Å². The predicted molar refractivity (Wildman–Crippen MR) is 55.4 cm³/mol. The first-order valence-corrected chi connectivity index (χ1v) is 4.89. The summed E-state index contributed by atoms with van der Waals surface area (Å²) in [4.78, 5) is 0. The van der Waals surface area contributed by atoms with Crippen molar-refractivity contribution >= 4 is 11.8 Å². The lowest BCUT2D eigenvalue weighted by molar-refractivity contribution is 0.317. The summed E-state index contributed by atoms with van der Waals surface area (Å²) in [6.45, 7) is 0. The van der Waals surface area contributed by atoms with Gasteiger partial charge in [-0.05, 0) is 17.9 Å². The van der Waals surface area contributed by atoms with E-state index in [0.717, 1.165) is 23.3 Å². The average molecular weight is 185 g/mol. The second-order valence-electron chi connectivity index (χ2n) is 3.94. The van der Waals surface area contributed by atoms with Crippen LogP contribution in [0.3, 0.4) is 0 Å². The Morgan fingerprint density at radius 2 is 2.14 bits per heavy atom. The van der Waals surface area contributed by atoms with Crippen molar-refractivity contribution in [1.82, 2.24) is 0 Å². The first-order valence-electron chi connectivity index (χ1n) is 4.89. The lowest BCUT2D eigenvalue weighted by Gasteiger charge is -2.05. The Hall–Kier alpha value is -1.57. The molecule has 3 rings (SSSR count). The molecule has 0 radical (unpaired) electrons. The van der Waals surface area contributed by atoms with Crippen LogP contribution in [0.15, 0.2) is 35.5 Å². The number of fused-ring (bicyclic) bond motifs is 2. The van der Waals surface area contributed by atoms with E-state index in [9.17, 15) is 0 Å². The molecule has 1 saturated carbocycles. The topological polar surface area (TPSA) is 32.6 Å². The minimum absolute atomic E-state index is 0.444. The maximum atomic E-state index is 9.02. The summed E-state index contributed by atoms with van der Waals surface area (Å²) in [5.41, 5.74) is 3.10. The average Bonchev–Trinajstić information content (AvgIpc) is 2.96. The van der Waals surface area contributed by atoms with Crippen molar-refractivity contribution in [2.45, 2.75) is 6.42 Å². The zero-order chi connectivity index (χ0) is 9.54. The van der Waals surface area contributed by atoms with E-state index in [4.69, 9.17) is 5.21 Å². The molecule has 0 heterocycles. The summed E-state index contributed by atoms with van der Waals surface area (Å²) < 4.78 is 0. The maximum absolute atomic E-state index is 9.02. The molecule has 2 aliphatic carbocycles. The molecule has 0 spiro atoms. The van der Waals surface area contributed by atoms with E-state index in [0.29, 0.717) is 11.8 Å². The molecule has 1 fully saturated rings. The molecule has 2 aliphatic rings. The Morgan fingerprint density at radius 3 is 3.00 bits per heavy atom. The highest BCUT2D eigenvalue weighted by Crippen LogP contribution is 2.45. The Bertz CT molecular complexity index is 434. The number of oxime groups is 1. The SMILES string of the molecule is O/N=C1/c2ccccc2C=CC2CC12. The smallest absolute Gasteiger partial charge is 0.0910 e. The minimum atomic E-state index is 0.444. The van der Waals surface area contributed by atoms with Gasteiger partial charge in [0.2, 0.25) is 0 Å². The zero-order valence-electron chi connectivity index (χ0n) is 7.72. The second kappa shape index (κ2) is 2.71. The molecule has 1 aromatic rings. The molecule has 70 valence electrons. The quantitative estimate of drug-likeness (QED) is 0.489. The fraction of sp³-hybridized carbons (Fsp3) is 0.250. The number of hydrogen-bond acceptors (Lipinski definition) is 2. The van der Waals surface area contributed by atoms with Gasteiger partial charge < -0.3 is 5.21 Å². The van der Waals surface area contributed by atoms with Crippen LogP contribution < -0.4 is 0 Å². The monoisotopic (exact) mass is 185 g/mol. The second-order valence-corrected chi connectivity index (χ2v) is 3.94. The van der Waals surface area contributed by atoms with Gasteiger partial charge in [-0.1, -0.05) is 41.6 Å². The summed E-state index contributed by atoms with van der Waals surface area (Å²) in [7, 11) is 0. The van der Waals surface area contributed by atoms with E-state index >= 15 is 0 Å². The highest BCUT2D eigenvalue weighted by atomic mass is 16.4. The standard InChI is InChI=1S/C12H11NO/c14-13-12-10-4-2-1-3-8(10)5-6-9-7-11(9)12/h1-6,9,11,14H,7H2/b13-12-. The van der Waals surface area contributed by atoms with Crippen LogP contribution in [0.25, 0.3) is 6.08 Å². The lowest BCUT2D eigenvalue weighted by Crippen LogP contribution is -2.05. The number of rotatable bonds is 0. The Balaban J connectivity index is 2.20. The molecule has 0 bridgehead atoms. The molecular weight excluding hydrogens is 174 g/mol. The van der Waals surface area contributed by atoms with Crippen LogP contribution >= 0.6 is 0 Å². The van der Waals surface area contributed by atoms with E-state index in [1.165, 1.54) is 0 Å². The zero-order valence-corrected chi connectivity index (χ0v) is 7.72. The van der Waals surface area contributed by atoms with E-state index in [1.807, 2.05) is 18.2 Å². The van der Waals surface area contributed by atoms with Crippen molar-refractivity contribution < 1.29 is 5.21 Å². The van der Waals surface area contributed by atoms with Crippen LogP contribution in [-0.2, 0) is 0 Å². The van der Waals surface area contributed by atoms with E-state index in [-0.39, 0.29) is 0 Å². The molecule has 0 aliphatic heterocycles. The number of hydrogen-bond donors (Lipinski definition) is 1. The van der Waals surface area contributed by atoms with Gasteiger partial charge >= 0.3 is 0 Å². The van der Waals surface area contributed by atoms with Crippen molar-refractivity contribution in [3.05, 3.63) is 41.5 Å². The van der Waals surface area contributed by atoms with E-state index in [1.54, 1.807) is 0 Å². The summed E-state index contributed by atoms with van der Waals surface area (Å²) in [5.74, 6) is 1.04. The normalized spacial score (nSPS) is 30.7. The molecule has 2 atom stereocenters. The molecule has 1 N–H and O–H groups in total. The van der Waals surface area contributed by atoms with Gasteiger partial charge in [0.15, 0.2) is 0 Å². The fourth-order valence-corrected chi connectivity index (χ4v) is 2.17. The number of benzene rings is 1. The first kappa shape index (κ1) is 7.80. The Labute approximate surface area is 82.6 Å². The summed E-state index contributed by atoms with van der Waals surface area (Å²) in [5, 5.41) is 12.5. The van der Waals surface area contributed by atoms with Crippen LogP contribution in [0.5, 0.6) is 0 Å². The third-order valence-corrected chi connectivity index (χ3v) is 3.06. The summed E-state index contributed by atoms with van der Waals surface area (Å²) in [6, 6.07) is 8.08. The largest absolute Gasteiger partial charge is 0.411 e. The van der Waals surface area contributed by atoms with Crippen LogP contribution in [0, 0.1) is 11.8 Å². The Kier molecular flexibility index (Phi) is 1.51. The van der Waals surface area contributed by atoms with Crippen LogP contribution in [0.4, 0.5) is 0 Å². The molecule has 2 unspecified atom stereocenters. The number of allylic oxidation sites excluding steroid dienone is 1. The van der Waals surface area contributed by atoms with Crippen molar-refractivity contribution in [2.75, 3.05) is 0 Å². The molecular formula is C12H11NO. The van der Waals surface area contributed by atoms with Gasteiger partial charge in [-0.25, -0.2) is 0 Å². The number of nitrogens with zero attached hydrogens (tertiary/aromatic N) is 1. The molecule has 2 nitrogen and oxygen atoms in total. The predicted octanol–water partition coefficient (Wildman–Crippen LogP) is 2.53. The van der Waals surface area contributed by atoms with Gasteiger partial charge in [0.05, 0.1) is 5.71 Å². The lowest BCUT2D eigenvalue weighted by atomic mass is 10.0. The van der Waals surface area contributed by atoms with Gasteiger partial charge in [0.1, 0.15) is 0 Å². The molecule has 14 heavy (non-hydrogen) atoms. The van der Waals surface area contributed by atoms with Crippen molar-refractivity contribution in [2.24, 2.45) is 17.0 Å².